The summed E-state index contributed by atoms with van der Waals surface area (Å²) in [7, 11) is 0. The predicted octanol–water partition coefficient (Wildman–Crippen LogP) is 4.25. The summed E-state index contributed by atoms with van der Waals surface area (Å²) in [6, 6.07) is 14.6. The molecule has 0 bridgehead atoms. The molecule has 2 aromatic carbocycles. The zero-order chi connectivity index (χ0) is 17.7. The Morgan fingerprint density at radius 2 is 1.62 bits per heavy atom. The highest BCUT2D eigenvalue weighted by atomic mass is 16.4. The van der Waals surface area contributed by atoms with E-state index in [0.29, 0.717) is 12.0 Å². The van der Waals surface area contributed by atoms with Gasteiger partial charge in [-0.3, -0.25) is 4.79 Å². The SMILES string of the molecule is CC(C)(C)c1ccc(NC(=O)CCc2ccccc2C(=O)O)cc1. The first kappa shape index (κ1) is 17.7. The molecule has 2 N–H and O–H groups in total. The van der Waals surface area contributed by atoms with Gasteiger partial charge in [-0.1, -0.05) is 51.1 Å². The van der Waals surface area contributed by atoms with Crippen molar-refractivity contribution in [2.24, 2.45) is 0 Å². The van der Waals surface area contributed by atoms with Gasteiger partial charge < -0.3 is 10.4 Å². The smallest absolute Gasteiger partial charge is 0.335 e. The molecule has 0 atom stereocenters. The van der Waals surface area contributed by atoms with Gasteiger partial charge in [-0.05, 0) is 41.2 Å². The lowest BCUT2D eigenvalue weighted by Gasteiger charge is -2.19. The number of anilines is 1. The van der Waals surface area contributed by atoms with Gasteiger partial charge in [0.15, 0.2) is 0 Å². The lowest BCUT2D eigenvalue weighted by molar-refractivity contribution is -0.116. The lowest BCUT2D eigenvalue weighted by Crippen LogP contribution is -2.14. The first-order chi connectivity index (χ1) is 11.3. The van der Waals surface area contributed by atoms with Crippen LogP contribution in [0, 0.1) is 0 Å². The van der Waals surface area contributed by atoms with Crippen molar-refractivity contribution in [2.75, 3.05) is 5.32 Å². The molecule has 0 spiro atoms. The Hall–Kier alpha value is -2.62. The maximum absolute atomic E-state index is 12.1. The van der Waals surface area contributed by atoms with Gasteiger partial charge in [-0.2, -0.15) is 0 Å². The third-order valence-electron chi connectivity index (χ3n) is 3.90. The number of rotatable bonds is 5. The summed E-state index contributed by atoms with van der Waals surface area (Å²) in [5, 5.41) is 12.0. The van der Waals surface area contributed by atoms with E-state index in [4.69, 9.17) is 5.11 Å². The van der Waals surface area contributed by atoms with E-state index in [1.807, 2.05) is 24.3 Å². The lowest BCUT2D eigenvalue weighted by atomic mass is 9.87. The normalized spacial score (nSPS) is 11.1. The molecular weight excluding hydrogens is 302 g/mol. The second-order valence-electron chi connectivity index (χ2n) is 6.84. The van der Waals surface area contributed by atoms with Gasteiger partial charge in [0, 0.05) is 12.1 Å². The molecule has 1 amide bonds. The fraction of sp³-hybridized carbons (Fsp3) is 0.300. The van der Waals surface area contributed by atoms with Crippen molar-refractivity contribution in [3.8, 4) is 0 Å². The minimum absolute atomic E-state index is 0.0725. The van der Waals surface area contributed by atoms with E-state index in [-0.39, 0.29) is 23.3 Å². The van der Waals surface area contributed by atoms with Crippen molar-refractivity contribution in [3.05, 3.63) is 65.2 Å². The average molecular weight is 325 g/mol. The molecule has 0 heterocycles. The quantitative estimate of drug-likeness (QED) is 0.863. The van der Waals surface area contributed by atoms with Crippen molar-refractivity contribution in [1.82, 2.24) is 0 Å². The molecular formula is C20H23NO3. The summed E-state index contributed by atoms with van der Waals surface area (Å²) < 4.78 is 0. The number of hydrogen-bond acceptors (Lipinski definition) is 2. The van der Waals surface area contributed by atoms with Crippen LogP contribution in [0.2, 0.25) is 0 Å². The zero-order valence-electron chi connectivity index (χ0n) is 14.3. The van der Waals surface area contributed by atoms with E-state index in [1.165, 1.54) is 5.56 Å². The highest BCUT2D eigenvalue weighted by Gasteiger charge is 2.14. The minimum Gasteiger partial charge on any atom is -0.478 e. The highest BCUT2D eigenvalue weighted by molar-refractivity contribution is 5.92. The summed E-state index contributed by atoms with van der Waals surface area (Å²) in [6.07, 6.45) is 0.639. The van der Waals surface area contributed by atoms with Gasteiger partial charge in [0.25, 0.3) is 0 Å². The van der Waals surface area contributed by atoms with E-state index in [2.05, 4.69) is 26.1 Å². The minimum atomic E-state index is -0.969. The maximum atomic E-state index is 12.1. The second-order valence-corrected chi connectivity index (χ2v) is 6.84. The van der Waals surface area contributed by atoms with Crippen LogP contribution in [0.25, 0.3) is 0 Å². The van der Waals surface area contributed by atoms with Crippen LogP contribution in [0.1, 0.15) is 48.7 Å². The Morgan fingerprint density at radius 3 is 2.21 bits per heavy atom. The van der Waals surface area contributed by atoms with E-state index in [0.717, 1.165) is 5.69 Å². The van der Waals surface area contributed by atoms with Crippen LogP contribution >= 0.6 is 0 Å². The number of carboxylic acids is 1. The van der Waals surface area contributed by atoms with Crippen LogP contribution in [0.5, 0.6) is 0 Å². The largest absolute Gasteiger partial charge is 0.478 e. The van der Waals surface area contributed by atoms with Crippen LogP contribution in [0.3, 0.4) is 0 Å². The molecule has 0 aliphatic rings. The van der Waals surface area contributed by atoms with Gasteiger partial charge in [-0.25, -0.2) is 4.79 Å². The fourth-order valence-corrected chi connectivity index (χ4v) is 2.47. The molecule has 0 radical (unpaired) electrons. The number of carbonyl (C=O) groups is 2. The topological polar surface area (TPSA) is 66.4 Å². The second kappa shape index (κ2) is 7.30. The van der Waals surface area contributed by atoms with Crippen molar-refractivity contribution in [3.63, 3.8) is 0 Å². The monoisotopic (exact) mass is 325 g/mol. The van der Waals surface area contributed by atoms with Crippen molar-refractivity contribution >= 4 is 17.6 Å². The molecule has 0 saturated heterocycles. The molecule has 0 unspecified atom stereocenters. The Morgan fingerprint density at radius 1 is 1.00 bits per heavy atom. The van der Waals surface area contributed by atoms with Gasteiger partial charge in [-0.15, -0.1) is 0 Å². The van der Waals surface area contributed by atoms with E-state index in [1.54, 1.807) is 24.3 Å². The fourth-order valence-electron chi connectivity index (χ4n) is 2.47. The average Bonchev–Trinajstić information content (AvgIpc) is 2.53. The number of aryl methyl sites for hydroxylation is 1. The summed E-state index contributed by atoms with van der Waals surface area (Å²) >= 11 is 0. The molecule has 4 heteroatoms. The van der Waals surface area contributed by atoms with Crippen molar-refractivity contribution < 1.29 is 14.7 Å². The summed E-state index contributed by atoms with van der Waals surface area (Å²) in [4.78, 5) is 23.3. The first-order valence-corrected chi connectivity index (χ1v) is 7.99. The number of nitrogens with one attached hydrogen (secondary N) is 1. The van der Waals surface area contributed by atoms with Crippen molar-refractivity contribution in [1.29, 1.82) is 0 Å². The molecule has 2 aromatic rings. The Balaban J connectivity index is 1.96. The standard InChI is InChI=1S/C20H23NO3/c1-20(2,3)15-9-11-16(12-10-15)21-18(22)13-8-14-6-4-5-7-17(14)19(23)24/h4-7,9-12H,8,13H2,1-3H3,(H,21,22)(H,23,24). The van der Waals surface area contributed by atoms with Crippen LogP contribution < -0.4 is 5.32 Å². The number of amides is 1. The molecule has 0 aliphatic heterocycles. The molecule has 0 fully saturated rings. The molecule has 0 aromatic heterocycles. The van der Waals surface area contributed by atoms with Gasteiger partial charge in [0.05, 0.1) is 5.56 Å². The van der Waals surface area contributed by atoms with E-state index in [9.17, 15) is 9.59 Å². The molecule has 24 heavy (non-hydrogen) atoms. The Kier molecular flexibility index (Phi) is 5.39. The third-order valence-corrected chi connectivity index (χ3v) is 3.90. The van der Waals surface area contributed by atoms with Gasteiger partial charge in [0.1, 0.15) is 0 Å². The number of benzene rings is 2. The maximum Gasteiger partial charge on any atom is 0.335 e. The van der Waals surface area contributed by atoms with Crippen LogP contribution in [-0.2, 0) is 16.6 Å². The summed E-state index contributed by atoms with van der Waals surface area (Å²) in [5.41, 5.74) is 2.95. The van der Waals surface area contributed by atoms with Crippen LogP contribution in [0.15, 0.2) is 48.5 Å². The summed E-state index contributed by atoms with van der Waals surface area (Å²) in [6.45, 7) is 6.42. The molecule has 0 aliphatic carbocycles. The Bertz CT molecular complexity index is 727. The molecule has 4 nitrogen and oxygen atoms in total. The van der Waals surface area contributed by atoms with E-state index >= 15 is 0 Å². The predicted molar refractivity (Wildman–Crippen MR) is 95.5 cm³/mol. The molecule has 2 rings (SSSR count). The highest BCUT2D eigenvalue weighted by Crippen LogP contribution is 2.23. The molecule has 0 saturated carbocycles. The van der Waals surface area contributed by atoms with Crippen LogP contribution in [-0.4, -0.2) is 17.0 Å². The number of carbonyl (C=O) groups excluding carboxylic acids is 1. The first-order valence-electron chi connectivity index (χ1n) is 7.99. The number of aromatic carboxylic acids is 1. The van der Waals surface area contributed by atoms with Gasteiger partial charge in [0.2, 0.25) is 5.91 Å². The third kappa shape index (κ3) is 4.69. The van der Waals surface area contributed by atoms with Crippen LogP contribution in [0.4, 0.5) is 5.69 Å². The van der Waals surface area contributed by atoms with Crippen molar-refractivity contribution in [2.45, 2.75) is 39.0 Å². The van der Waals surface area contributed by atoms with E-state index < -0.39 is 5.97 Å². The Labute approximate surface area is 142 Å². The molecule has 126 valence electrons. The number of hydrogen-bond donors (Lipinski definition) is 2. The summed E-state index contributed by atoms with van der Waals surface area (Å²) in [5.74, 6) is -1.09. The zero-order valence-corrected chi connectivity index (χ0v) is 14.3. The number of carboxylic acid groups (broad SMARTS) is 1. The van der Waals surface area contributed by atoms with Gasteiger partial charge >= 0.3 is 5.97 Å².